The van der Waals surface area contributed by atoms with Gasteiger partial charge in [-0.2, -0.15) is 0 Å². The second-order valence-corrected chi connectivity index (χ2v) is 6.21. The van der Waals surface area contributed by atoms with Crippen molar-refractivity contribution >= 4 is 30.1 Å². The molecule has 2 aromatic rings. The van der Waals surface area contributed by atoms with Crippen LogP contribution in [-0.2, 0) is 20.7 Å². The van der Waals surface area contributed by atoms with Gasteiger partial charge in [0.2, 0.25) is 11.8 Å². The third-order valence-corrected chi connectivity index (χ3v) is 4.35. The second-order valence-electron chi connectivity index (χ2n) is 6.21. The zero-order chi connectivity index (χ0) is 18.5. The molecule has 1 atom stereocenters. The standard InChI is InChI=1S/C17H21BN2O6/c21-15(7-9-20-8-3-6-17(20)22)19-16(26-18(23)24)10-12-11-25-14-5-2-1-4-13(12)14/h1-2,4-5,11,16,23-24H,3,6-10H2,(H,19,21)/t16-/m1/s1. The van der Waals surface area contributed by atoms with Crippen molar-refractivity contribution in [2.75, 3.05) is 13.1 Å². The van der Waals surface area contributed by atoms with Gasteiger partial charge in [0.1, 0.15) is 11.8 Å². The topological polar surface area (TPSA) is 112 Å². The first-order valence-electron chi connectivity index (χ1n) is 8.57. The number of rotatable bonds is 8. The molecule has 0 radical (unpaired) electrons. The van der Waals surface area contributed by atoms with E-state index in [0.717, 1.165) is 17.4 Å². The van der Waals surface area contributed by atoms with Crippen molar-refractivity contribution in [1.82, 2.24) is 10.2 Å². The molecule has 9 heteroatoms. The Morgan fingerprint density at radius 2 is 2.19 bits per heavy atom. The molecule has 2 amide bonds. The average Bonchev–Trinajstić information content (AvgIpc) is 3.19. The minimum atomic E-state index is -2.02. The number of furan rings is 1. The Balaban J connectivity index is 1.60. The van der Waals surface area contributed by atoms with Crippen LogP contribution < -0.4 is 5.32 Å². The highest BCUT2D eigenvalue weighted by Gasteiger charge is 2.24. The fourth-order valence-electron chi connectivity index (χ4n) is 3.10. The Kier molecular flexibility index (Phi) is 5.92. The summed E-state index contributed by atoms with van der Waals surface area (Å²) in [7, 11) is -2.02. The molecule has 1 aliphatic rings. The maximum Gasteiger partial charge on any atom is 0.635 e. The van der Waals surface area contributed by atoms with Crippen LogP contribution in [0.25, 0.3) is 11.0 Å². The molecule has 1 aliphatic heterocycles. The quantitative estimate of drug-likeness (QED) is 0.465. The van der Waals surface area contributed by atoms with Gasteiger partial charge in [0.05, 0.1) is 6.26 Å². The maximum atomic E-state index is 12.2. The molecule has 8 nitrogen and oxygen atoms in total. The molecule has 3 N–H and O–H groups in total. The van der Waals surface area contributed by atoms with E-state index in [1.165, 1.54) is 0 Å². The van der Waals surface area contributed by atoms with Crippen molar-refractivity contribution in [1.29, 1.82) is 0 Å². The van der Waals surface area contributed by atoms with E-state index in [1.807, 2.05) is 24.3 Å². The molecule has 1 aromatic carbocycles. The number of hydrogen-bond donors (Lipinski definition) is 3. The molecule has 0 saturated carbocycles. The Labute approximate surface area is 150 Å². The number of para-hydroxylation sites is 1. The predicted molar refractivity (Wildman–Crippen MR) is 93.6 cm³/mol. The highest BCUT2D eigenvalue weighted by Crippen LogP contribution is 2.22. The van der Waals surface area contributed by atoms with Crippen LogP contribution in [0.2, 0.25) is 0 Å². The number of likely N-dealkylation sites (tertiary alicyclic amines) is 1. The Hall–Kier alpha value is -2.36. The summed E-state index contributed by atoms with van der Waals surface area (Å²) in [6, 6.07) is 7.41. The molecule has 0 unspecified atom stereocenters. The van der Waals surface area contributed by atoms with E-state index in [-0.39, 0.29) is 24.7 Å². The molecular weight excluding hydrogens is 339 g/mol. The van der Waals surface area contributed by atoms with E-state index < -0.39 is 13.5 Å². The predicted octanol–water partition coefficient (Wildman–Crippen LogP) is 0.416. The van der Waals surface area contributed by atoms with Crippen LogP contribution in [-0.4, -0.2) is 53.4 Å². The van der Waals surface area contributed by atoms with E-state index in [0.29, 0.717) is 25.1 Å². The van der Waals surface area contributed by atoms with Crippen molar-refractivity contribution in [2.24, 2.45) is 0 Å². The lowest BCUT2D eigenvalue weighted by Crippen LogP contribution is -2.43. The summed E-state index contributed by atoms with van der Waals surface area (Å²) in [6.07, 6.45) is 2.30. The zero-order valence-electron chi connectivity index (χ0n) is 14.3. The van der Waals surface area contributed by atoms with Gasteiger partial charge >= 0.3 is 7.32 Å². The van der Waals surface area contributed by atoms with Crippen LogP contribution in [0.15, 0.2) is 34.9 Å². The monoisotopic (exact) mass is 360 g/mol. The van der Waals surface area contributed by atoms with Crippen molar-refractivity contribution in [3.05, 3.63) is 36.1 Å². The summed E-state index contributed by atoms with van der Waals surface area (Å²) in [5, 5.41) is 21.7. The number of carbonyl (C=O) groups is 2. The van der Waals surface area contributed by atoms with Crippen molar-refractivity contribution < 1.29 is 28.7 Å². The third kappa shape index (κ3) is 4.63. The number of nitrogens with one attached hydrogen (secondary N) is 1. The lowest BCUT2D eigenvalue weighted by molar-refractivity contribution is -0.129. The summed E-state index contributed by atoms with van der Waals surface area (Å²) in [5.74, 6) is -0.274. The molecule has 3 rings (SSSR count). The Morgan fingerprint density at radius 3 is 2.92 bits per heavy atom. The highest BCUT2D eigenvalue weighted by molar-refractivity contribution is 6.32. The van der Waals surface area contributed by atoms with Crippen LogP contribution >= 0.6 is 0 Å². The number of hydrogen-bond acceptors (Lipinski definition) is 6. The van der Waals surface area contributed by atoms with Crippen LogP contribution in [0.3, 0.4) is 0 Å². The number of nitrogens with zero attached hydrogens (tertiary/aromatic N) is 1. The van der Waals surface area contributed by atoms with E-state index in [9.17, 15) is 9.59 Å². The molecule has 0 aliphatic carbocycles. The van der Waals surface area contributed by atoms with Gasteiger partial charge in [0, 0.05) is 43.3 Å². The largest absolute Gasteiger partial charge is 0.635 e. The minimum Gasteiger partial charge on any atom is -0.464 e. The fourth-order valence-corrected chi connectivity index (χ4v) is 3.10. The molecule has 0 spiro atoms. The number of benzene rings is 1. The first-order chi connectivity index (χ1) is 12.5. The smallest absolute Gasteiger partial charge is 0.464 e. The van der Waals surface area contributed by atoms with Gasteiger partial charge < -0.3 is 29.3 Å². The summed E-state index contributed by atoms with van der Waals surface area (Å²) in [4.78, 5) is 25.4. The number of carbonyl (C=O) groups excluding carboxylic acids is 2. The summed E-state index contributed by atoms with van der Waals surface area (Å²) < 4.78 is 10.4. The molecule has 1 saturated heterocycles. The molecule has 26 heavy (non-hydrogen) atoms. The SMILES string of the molecule is O=C(CCN1CCCC1=O)N[C@@H](Cc1coc2ccccc12)OB(O)O. The van der Waals surface area contributed by atoms with Gasteiger partial charge in [0.15, 0.2) is 0 Å². The zero-order valence-corrected chi connectivity index (χ0v) is 14.3. The first kappa shape index (κ1) is 18.4. The van der Waals surface area contributed by atoms with Crippen LogP contribution in [0.4, 0.5) is 0 Å². The van der Waals surface area contributed by atoms with Gasteiger partial charge in [-0.1, -0.05) is 18.2 Å². The summed E-state index contributed by atoms with van der Waals surface area (Å²) >= 11 is 0. The van der Waals surface area contributed by atoms with E-state index in [2.05, 4.69) is 5.32 Å². The van der Waals surface area contributed by atoms with Gasteiger partial charge in [0.25, 0.3) is 0 Å². The van der Waals surface area contributed by atoms with Gasteiger partial charge in [-0.15, -0.1) is 0 Å². The average molecular weight is 360 g/mol. The minimum absolute atomic E-state index is 0.0567. The second kappa shape index (κ2) is 8.35. The van der Waals surface area contributed by atoms with Crippen molar-refractivity contribution in [3.63, 3.8) is 0 Å². The lowest BCUT2D eigenvalue weighted by Gasteiger charge is -2.20. The molecule has 0 bridgehead atoms. The van der Waals surface area contributed by atoms with E-state index in [4.69, 9.17) is 19.1 Å². The number of amides is 2. The fraction of sp³-hybridized carbons (Fsp3) is 0.412. The van der Waals surface area contributed by atoms with E-state index in [1.54, 1.807) is 11.2 Å². The van der Waals surface area contributed by atoms with Crippen LogP contribution in [0.5, 0.6) is 0 Å². The lowest BCUT2D eigenvalue weighted by atomic mass is 10.1. The van der Waals surface area contributed by atoms with Crippen molar-refractivity contribution in [3.8, 4) is 0 Å². The molecular formula is C17H21BN2O6. The number of fused-ring (bicyclic) bond motifs is 1. The Bertz CT molecular complexity index is 777. The summed E-state index contributed by atoms with van der Waals surface area (Å²) in [5.41, 5.74) is 1.48. The van der Waals surface area contributed by atoms with Gasteiger partial charge in [-0.25, -0.2) is 0 Å². The molecule has 138 valence electrons. The summed E-state index contributed by atoms with van der Waals surface area (Å²) in [6.45, 7) is 1.01. The molecule has 2 heterocycles. The third-order valence-electron chi connectivity index (χ3n) is 4.35. The van der Waals surface area contributed by atoms with Gasteiger partial charge in [-0.05, 0) is 12.5 Å². The van der Waals surface area contributed by atoms with Crippen LogP contribution in [0.1, 0.15) is 24.8 Å². The Morgan fingerprint density at radius 1 is 1.38 bits per heavy atom. The molecule has 1 fully saturated rings. The normalized spacial score (nSPS) is 15.5. The molecule has 1 aromatic heterocycles. The first-order valence-corrected chi connectivity index (χ1v) is 8.57. The van der Waals surface area contributed by atoms with E-state index >= 15 is 0 Å². The van der Waals surface area contributed by atoms with Gasteiger partial charge in [-0.3, -0.25) is 9.59 Å². The maximum absolute atomic E-state index is 12.2. The van der Waals surface area contributed by atoms with Crippen LogP contribution in [0, 0.1) is 0 Å². The van der Waals surface area contributed by atoms with Crippen molar-refractivity contribution in [2.45, 2.75) is 31.9 Å². The highest BCUT2D eigenvalue weighted by atomic mass is 16.6.